The molecule has 0 amide bonds. The monoisotopic (exact) mass is 288 g/mol. The minimum absolute atomic E-state index is 0.102. The van der Waals surface area contributed by atoms with Crippen molar-refractivity contribution >= 4 is 8.07 Å². The molecule has 1 nitrogen and oxygen atoms in total. The average molecular weight is 289 g/mol. The highest BCUT2D eigenvalue weighted by atomic mass is 28.3. The molecule has 1 fully saturated rings. The van der Waals surface area contributed by atoms with Gasteiger partial charge in [-0.2, -0.15) is 0 Å². The zero-order valence-corrected chi connectivity index (χ0v) is 14.0. The van der Waals surface area contributed by atoms with Crippen molar-refractivity contribution in [2.75, 3.05) is 0 Å². The highest BCUT2D eigenvalue weighted by Gasteiger charge is 2.39. The number of allylic oxidation sites excluding steroid dienone is 1. The van der Waals surface area contributed by atoms with Gasteiger partial charge in [-0.25, -0.2) is 0 Å². The lowest BCUT2D eigenvalue weighted by Crippen LogP contribution is -2.36. The smallest absolute Gasteiger partial charge is 0.0607 e. The zero-order valence-electron chi connectivity index (χ0n) is 13.0. The molecular formula is C18H28OSi. The third kappa shape index (κ3) is 4.60. The van der Waals surface area contributed by atoms with Crippen LogP contribution in [-0.2, 0) is 6.42 Å². The minimum Gasteiger partial charge on any atom is -0.393 e. The van der Waals surface area contributed by atoms with E-state index in [1.165, 1.54) is 18.4 Å². The molecule has 1 saturated carbocycles. The van der Waals surface area contributed by atoms with Crippen LogP contribution in [0.25, 0.3) is 0 Å². The first-order chi connectivity index (χ1) is 9.48. The number of rotatable bonds is 7. The summed E-state index contributed by atoms with van der Waals surface area (Å²) in [4.78, 5) is 0. The van der Waals surface area contributed by atoms with E-state index < -0.39 is 8.07 Å². The van der Waals surface area contributed by atoms with Crippen molar-refractivity contribution in [3.05, 3.63) is 48.0 Å². The molecule has 0 unspecified atom stereocenters. The van der Waals surface area contributed by atoms with Gasteiger partial charge in [-0.15, -0.1) is 0 Å². The molecule has 1 aromatic carbocycles. The first-order valence-electron chi connectivity index (χ1n) is 7.87. The summed E-state index contributed by atoms with van der Waals surface area (Å²) in [6.45, 7) is 7.10. The molecule has 2 atom stereocenters. The van der Waals surface area contributed by atoms with Gasteiger partial charge >= 0.3 is 0 Å². The molecule has 110 valence electrons. The van der Waals surface area contributed by atoms with E-state index in [9.17, 15) is 5.11 Å². The minimum atomic E-state index is -1.34. The molecule has 2 rings (SSSR count). The third-order valence-electron chi connectivity index (χ3n) is 4.26. The van der Waals surface area contributed by atoms with Gasteiger partial charge in [-0.05, 0) is 42.7 Å². The summed E-state index contributed by atoms with van der Waals surface area (Å²) in [5.41, 5.74) is 1.80. The Labute approximate surface area is 124 Å². The fourth-order valence-electron chi connectivity index (χ4n) is 2.78. The average Bonchev–Trinajstić information content (AvgIpc) is 3.22. The quantitative estimate of drug-likeness (QED) is 0.572. The normalized spacial score (nSPS) is 19.2. The van der Waals surface area contributed by atoms with Crippen LogP contribution in [0.2, 0.25) is 25.2 Å². The number of aryl methyl sites for hydroxylation is 1. The third-order valence-corrected chi connectivity index (χ3v) is 6.79. The number of benzene rings is 1. The summed E-state index contributed by atoms with van der Waals surface area (Å²) in [6, 6.07) is 10.6. The van der Waals surface area contributed by atoms with Crippen LogP contribution in [0, 0.1) is 5.92 Å². The number of hydrogen-bond acceptors (Lipinski definition) is 1. The molecule has 20 heavy (non-hydrogen) atoms. The number of aliphatic hydroxyl groups is 1. The van der Waals surface area contributed by atoms with Crippen LogP contribution >= 0.6 is 0 Å². The summed E-state index contributed by atoms with van der Waals surface area (Å²) >= 11 is 0. The predicted molar refractivity (Wildman–Crippen MR) is 89.7 cm³/mol. The van der Waals surface area contributed by atoms with Gasteiger partial charge in [0, 0.05) is 0 Å². The molecule has 0 aromatic heterocycles. The van der Waals surface area contributed by atoms with Gasteiger partial charge in [-0.1, -0.05) is 62.1 Å². The molecule has 0 spiro atoms. The van der Waals surface area contributed by atoms with Crippen molar-refractivity contribution in [1.82, 2.24) is 0 Å². The molecule has 1 aliphatic carbocycles. The van der Waals surface area contributed by atoms with Crippen LogP contribution in [0.15, 0.2) is 42.5 Å². The van der Waals surface area contributed by atoms with Crippen LogP contribution in [0.1, 0.15) is 24.8 Å². The fourth-order valence-corrected chi connectivity index (χ4v) is 4.79. The maximum Gasteiger partial charge on any atom is 0.0607 e. The molecule has 0 radical (unpaired) electrons. The molecule has 0 bridgehead atoms. The second-order valence-electron chi connectivity index (χ2n) is 7.17. The van der Waals surface area contributed by atoms with Gasteiger partial charge in [0.15, 0.2) is 0 Å². The molecule has 1 aliphatic rings. The van der Waals surface area contributed by atoms with Crippen LogP contribution < -0.4 is 0 Å². The molecule has 0 heterocycles. The molecule has 0 aliphatic heterocycles. The van der Waals surface area contributed by atoms with Crippen LogP contribution in [-0.4, -0.2) is 19.3 Å². The number of hydrogen-bond donors (Lipinski definition) is 1. The Bertz CT molecular complexity index is 428. The Balaban J connectivity index is 1.88. The lowest BCUT2D eigenvalue weighted by atomic mass is 10.1. The van der Waals surface area contributed by atoms with E-state index in [2.05, 4.69) is 62.1 Å². The Hall–Kier alpha value is -0.863. The summed E-state index contributed by atoms with van der Waals surface area (Å²) in [5, 5.41) is 10.5. The van der Waals surface area contributed by atoms with E-state index in [1.807, 2.05) is 0 Å². The molecular weight excluding hydrogens is 260 g/mol. The molecule has 2 heteroatoms. The first kappa shape index (κ1) is 15.5. The lowest BCUT2D eigenvalue weighted by Gasteiger charge is -2.30. The fraction of sp³-hybridized carbons (Fsp3) is 0.556. The summed E-state index contributed by atoms with van der Waals surface area (Å²) in [5.74, 6) is 0.575. The van der Waals surface area contributed by atoms with Gasteiger partial charge in [0.05, 0.1) is 14.2 Å². The van der Waals surface area contributed by atoms with Gasteiger partial charge in [0.2, 0.25) is 0 Å². The first-order valence-corrected chi connectivity index (χ1v) is 11.4. The van der Waals surface area contributed by atoms with Gasteiger partial charge < -0.3 is 5.11 Å². The van der Waals surface area contributed by atoms with Crippen LogP contribution in [0.5, 0.6) is 0 Å². The standard InChI is InChI=1S/C18H28OSi/c1-20(2,3)17(18(19)16-13-14-16)12-8-7-11-15-9-5-4-6-10-15/h4-6,8-10,12,16-19H,7,11,13-14H2,1-3H3/b12-8+/t17-,18+/m0/s1. The van der Waals surface area contributed by atoms with E-state index in [1.54, 1.807) is 0 Å². The van der Waals surface area contributed by atoms with Crippen molar-refractivity contribution < 1.29 is 5.11 Å². The Morgan fingerprint density at radius 1 is 1.20 bits per heavy atom. The second kappa shape index (κ2) is 6.73. The van der Waals surface area contributed by atoms with Crippen LogP contribution in [0.3, 0.4) is 0 Å². The molecule has 1 N–H and O–H groups in total. The van der Waals surface area contributed by atoms with Gasteiger partial charge in [0.1, 0.15) is 0 Å². The zero-order chi connectivity index (χ0) is 14.6. The van der Waals surface area contributed by atoms with E-state index >= 15 is 0 Å². The van der Waals surface area contributed by atoms with Crippen molar-refractivity contribution in [3.63, 3.8) is 0 Å². The predicted octanol–water partition coefficient (Wildman–Crippen LogP) is 4.65. The number of aliphatic hydroxyl groups excluding tert-OH is 1. The highest BCUT2D eigenvalue weighted by molar-refractivity contribution is 6.78. The summed E-state index contributed by atoms with van der Waals surface area (Å²) in [6.07, 6.45) is 9.12. The van der Waals surface area contributed by atoms with Gasteiger partial charge in [0.25, 0.3) is 0 Å². The maximum absolute atomic E-state index is 10.5. The van der Waals surface area contributed by atoms with Crippen molar-refractivity contribution in [2.24, 2.45) is 5.92 Å². The SMILES string of the molecule is C[Si](C)(C)[C@@H](/C=C/CCc1ccccc1)[C@H](O)C1CC1. The highest BCUT2D eigenvalue weighted by Crippen LogP contribution is 2.41. The van der Waals surface area contributed by atoms with Crippen molar-refractivity contribution in [3.8, 4) is 0 Å². The van der Waals surface area contributed by atoms with E-state index in [0.29, 0.717) is 11.5 Å². The summed E-state index contributed by atoms with van der Waals surface area (Å²) < 4.78 is 0. The van der Waals surface area contributed by atoms with E-state index in [0.717, 1.165) is 12.8 Å². The van der Waals surface area contributed by atoms with Crippen molar-refractivity contribution in [2.45, 2.75) is 57.0 Å². The Morgan fingerprint density at radius 2 is 1.85 bits per heavy atom. The van der Waals surface area contributed by atoms with Crippen LogP contribution in [0.4, 0.5) is 0 Å². The second-order valence-corrected chi connectivity index (χ2v) is 12.6. The van der Waals surface area contributed by atoms with Gasteiger partial charge in [-0.3, -0.25) is 0 Å². The van der Waals surface area contributed by atoms with E-state index in [-0.39, 0.29) is 6.10 Å². The van der Waals surface area contributed by atoms with E-state index in [4.69, 9.17) is 0 Å². The topological polar surface area (TPSA) is 20.2 Å². The summed E-state index contributed by atoms with van der Waals surface area (Å²) in [7, 11) is -1.34. The van der Waals surface area contributed by atoms with Crippen molar-refractivity contribution in [1.29, 1.82) is 0 Å². The molecule has 0 saturated heterocycles. The Kier molecular flexibility index (Phi) is 5.22. The Morgan fingerprint density at radius 3 is 2.40 bits per heavy atom. The maximum atomic E-state index is 10.5. The largest absolute Gasteiger partial charge is 0.393 e. The lowest BCUT2D eigenvalue weighted by molar-refractivity contribution is 0.152. The molecule has 1 aromatic rings.